The van der Waals surface area contributed by atoms with Crippen LogP contribution in [0.2, 0.25) is 0 Å². The molecule has 2 aliphatic rings. The van der Waals surface area contributed by atoms with Crippen molar-refractivity contribution in [1.29, 1.82) is 0 Å². The number of hydrogen-bond donors (Lipinski definition) is 3. The van der Waals surface area contributed by atoms with Gasteiger partial charge in [0, 0.05) is 50.7 Å². The van der Waals surface area contributed by atoms with Crippen molar-refractivity contribution < 1.29 is 13.2 Å². The molecular weight excluding hydrogens is 493 g/mol. The summed E-state index contributed by atoms with van der Waals surface area (Å²) in [6, 6.07) is 7.76. The average molecular weight is 521 g/mol. The van der Waals surface area contributed by atoms with E-state index in [0.717, 1.165) is 24.1 Å². The third-order valence-electron chi connectivity index (χ3n) is 5.10. The summed E-state index contributed by atoms with van der Waals surface area (Å²) in [6.45, 7) is 1.66. The Hall–Kier alpha value is -1.40. The normalized spacial score (nSPS) is 22.8. The summed E-state index contributed by atoms with van der Waals surface area (Å²) in [5, 5.41) is 9.39. The molecule has 1 amide bonds. The van der Waals surface area contributed by atoms with Crippen molar-refractivity contribution in [3.8, 4) is 0 Å². The fourth-order valence-corrected chi connectivity index (χ4v) is 4.97. The summed E-state index contributed by atoms with van der Waals surface area (Å²) in [5.74, 6) is 0.685. The molecule has 156 valence electrons. The maximum atomic E-state index is 11.9. The Balaban J connectivity index is 0.00000280. The molecule has 1 aromatic carbocycles. The van der Waals surface area contributed by atoms with Crippen molar-refractivity contribution in [3.63, 3.8) is 0 Å². The monoisotopic (exact) mass is 521 g/mol. The van der Waals surface area contributed by atoms with Gasteiger partial charge in [0.2, 0.25) is 15.9 Å². The minimum absolute atomic E-state index is 0. The maximum Gasteiger partial charge on any atom is 0.225 e. The van der Waals surface area contributed by atoms with E-state index in [2.05, 4.69) is 20.9 Å². The van der Waals surface area contributed by atoms with E-state index in [1.807, 2.05) is 24.3 Å². The van der Waals surface area contributed by atoms with Gasteiger partial charge in [-0.25, -0.2) is 8.42 Å². The van der Waals surface area contributed by atoms with Crippen LogP contribution in [-0.4, -0.2) is 63.6 Å². The van der Waals surface area contributed by atoms with Crippen LogP contribution in [0.25, 0.3) is 0 Å². The Labute approximate surface area is 183 Å². The lowest BCUT2D eigenvalue weighted by atomic mass is 9.90. The second-order valence-electron chi connectivity index (χ2n) is 7.04. The minimum Gasteiger partial charge on any atom is -0.356 e. The SMILES string of the molecule is CN=C(NCC1CC(=O)Nc2ccccc21)NC[C@H]1CCCN1S(C)(=O)=O.I. The highest BCUT2D eigenvalue weighted by Gasteiger charge is 2.31. The number of sulfonamides is 1. The number of rotatable bonds is 5. The molecule has 10 heteroatoms. The Bertz CT molecular complexity index is 830. The molecule has 1 fully saturated rings. The van der Waals surface area contributed by atoms with E-state index in [0.29, 0.717) is 32.0 Å². The van der Waals surface area contributed by atoms with Crippen molar-refractivity contribution in [1.82, 2.24) is 14.9 Å². The number of amides is 1. The van der Waals surface area contributed by atoms with Crippen LogP contribution >= 0.6 is 24.0 Å². The van der Waals surface area contributed by atoms with E-state index in [9.17, 15) is 13.2 Å². The zero-order valence-electron chi connectivity index (χ0n) is 16.1. The van der Waals surface area contributed by atoms with Crippen molar-refractivity contribution in [3.05, 3.63) is 29.8 Å². The molecule has 2 atom stereocenters. The first-order valence-corrected chi connectivity index (χ1v) is 11.0. The summed E-state index contributed by atoms with van der Waals surface area (Å²) in [6.07, 6.45) is 3.39. The predicted octanol–water partition coefficient (Wildman–Crippen LogP) is 1.32. The van der Waals surface area contributed by atoms with E-state index in [1.165, 1.54) is 6.26 Å². The molecule has 1 saturated heterocycles. The molecule has 3 rings (SSSR count). The van der Waals surface area contributed by atoms with Gasteiger partial charge in [-0.15, -0.1) is 24.0 Å². The zero-order chi connectivity index (χ0) is 19.4. The molecule has 0 radical (unpaired) electrons. The molecule has 0 aliphatic carbocycles. The molecule has 2 aliphatic heterocycles. The Morgan fingerprint density at radius 1 is 1.29 bits per heavy atom. The van der Waals surface area contributed by atoms with Gasteiger partial charge in [0.1, 0.15) is 0 Å². The van der Waals surface area contributed by atoms with Crippen LogP contribution in [0.3, 0.4) is 0 Å². The van der Waals surface area contributed by atoms with Crippen molar-refractivity contribution in [2.45, 2.75) is 31.2 Å². The highest BCUT2D eigenvalue weighted by Crippen LogP contribution is 2.31. The molecule has 0 saturated carbocycles. The molecule has 8 nitrogen and oxygen atoms in total. The lowest BCUT2D eigenvalue weighted by Gasteiger charge is -2.27. The number of hydrogen-bond acceptors (Lipinski definition) is 4. The van der Waals surface area contributed by atoms with Gasteiger partial charge in [-0.3, -0.25) is 9.79 Å². The summed E-state index contributed by atoms with van der Waals surface area (Å²) in [7, 11) is -1.51. The van der Waals surface area contributed by atoms with Crippen LogP contribution in [0.5, 0.6) is 0 Å². The van der Waals surface area contributed by atoms with Gasteiger partial charge in [-0.05, 0) is 24.5 Å². The van der Waals surface area contributed by atoms with E-state index in [-0.39, 0.29) is 41.8 Å². The van der Waals surface area contributed by atoms with Crippen LogP contribution in [0.15, 0.2) is 29.3 Å². The van der Waals surface area contributed by atoms with Crippen LogP contribution < -0.4 is 16.0 Å². The second-order valence-corrected chi connectivity index (χ2v) is 8.98. The van der Waals surface area contributed by atoms with Crippen molar-refractivity contribution in [2.24, 2.45) is 4.99 Å². The number of carbonyl (C=O) groups is 1. The first-order chi connectivity index (χ1) is 12.9. The molecule has 2 heterocycles. The lowest BCUT2D eigenvalue weighted by Crippen LogP contribution is -2.47. The van der Waals surface area contributed by atoms with Gasteiger partial charge < -0.3 is 16.0 Å². The largest absolute Gasteiger partial charge is 0.356 e. The summed E-state index contributed by atoms with van der Waals surface area (Å²) in [5.41, 5.74) is 1.97. The van der Waals surface area contributed by atoms with Gasteiger partial charge >= 0.3 is 0 Å². The molecule has 28 heavy (non-hydrogen) atoms. The molecular formula is C18H28IN5O3S. The van der Waals surface area contributed by atoms with Gasteiger partial charge in [-0.1, -0.05) is 18.2 Å². The molecule has 0 bridgehead atoms. The fourth-order valence-electron chi connectivity index (χ4n) is 3.79. The van der Waals surface area contributed by atoms with Crippen LogP contribution in [0, 0.1) is 0 Å². The summed E-state index contributed by atoms with van der Waals surface area (Å²) < 4.78 is 25.3. The maximum absolute atomic E-state index is 11.9. The minimum atomic E-state index is -3.19. The van der Waals surface area contributed by atoms with E-state index in [1.54, 1.807) is 11.4 Å². The van der Waals surface area contributed by atoms with Crippen molar-refractivity contribution >= 4 is 51.6 Å². The second kappa shape index (κ2) is 9.88. The summed E-state index contributed by atoms with van der Waals surface area (Å²) in [4.78, 5) is 16.2. The molecule has 1 unspecified atom stereocenters. The number of para-hydroxylation sites is 1. The molecule has 1 aromatic rings. The zero-order valence-corrected chi connectivity index (χ0v) is 19.3. The number of guanidine groups is 1. The Morgan fingerprint density at radius 3 is 2.71 bits per heavy atom. The number of aliphatic imine (C=N–C) groups is 1. The van der Waals surface area contributed by atoms with Crippen LogP contribution in [0.1, 0.15) is 30.7 Å². The number of carbonyl (C=O) groups excluding carboxylic acids is 1. The topological polar surface area (TPSA) is 103 Å². The van der Waals surface area contributed by atoms with Crippen LogP contribution in [0.4, 0.5) is 5.69 Å². The average Bonchev–Trinajstić information content (AvgIpc) is 3.10. The number of nitrogens with one attached hydrogen (secondary N) is 3. The third-order valence-corrected chi connectivity index (χ3v) is 6.43. The number of anilines is 1. The van der Waals surface area contributed by atoms with E-state index in [4.69, 9.17) is 0 Å². The quantitative estimate of drug-likeness (QED) is 0.308. The molecule has 0 aromatic heterocycles. The number of benzene rings is 1. The highest BCUT2D eigenvalue weighted by atomic mass is 127. The summed E-state index contributed by atoms with van der Waals surface area (Å²) >= 11 is 0. The fraction of sp³-hybridized carbons (Fsp3) is 0.556. The molecule has 0 spiro atoms. The van der Waals surface area contributed by atoms with Gasteiger partial charge in [0.25, 0.3) is 0 Å². The van der Waals surface area contributed by atoms with E-state index >= 15 is 0 Å². The smallest absolute Gasteiger partial charge is 0.225 e. The molecule has 3 N–H and O–H groups in total. The Kier molecular flexibility index (Phi) is 8.07. The van der Waals surface area contributed by atoms with Gasteiger partial charge in [-0.2, -0.15) is 4.31 Å². The first kappa shape index (κ1) is 22.9. The van der Waals surface area contributed by atoms with Crippen molar-refractivity contribution in [2.75, 3.05) is 38.3 Å². The van der Waals surface area contributed by atoms with E-state index < -0.39 is 10.0 Å². The standard InChI is InChI=1S/C18H27N5O3S.HI/c1-19-18(21-12-14-6-5-9-23(14)27(2,25)26)20-11-13-10-17(24)22-16-8-4-3-7-15(13)16;/h3-4,7-8,13-14H,5-6,9-12H2,1-2H3,(H,22,24)(H2,19,20,21);1H/t13?,14-;/m1./s1. The van der Waals surface area contributed by atoms with Gasteiger partial charge in [0.05, 0.1) is 6.26 Å². The van der Waals surface area contributed by atoms with Crippen LogP contribution in [-0.2, 0) is 14.8 Å². The van der Waals surface area contributed by atoms with Gasteiger partial charge in [0.15, 0.2) is 5.96 Å². The number of fused-ring (bicyclic) bond motifs is 1. The first-order valence-electron chi connectivity index (χ1n) is 9.18. The third kappa shape index (κ3) is 5.57. The lowest BCUT2D eigenvalue weighted by molar-refractivity contribution is -0.116. The Morgan fingerprint density at radius 2 is 2.00 bits per heavy atom. The highest BCUT2D eigenvalue weighted by molar-refractivity contribution is 14.0. The predicted molar refractivity (Wildman–Crippen MR) is 122 cm³/mol. The number of nitrogens with zero attached hydrogens (tertiary/aromatic N) is 2. The number of halogens is 1.